The summed E-state index contributed by atoms with van der Waals surface area (Å²) < 4.78 is 0. The SMILES string of the molecule is CCc1ccccc1NC(=O)[C@H]1CCCN(C(=O)c2cccc(C)c2)C1. The molecule has 1 aliphatic heterocycles. The standard InChI is InChI=1S/C22H26N2O2/c1-3-17-9-4-5-12-20(17)23-21(25)19-11-7-13-24(15-19)22(26)18-10-6-8-16(2)14-18/h4-6,8-10,12,14,19H,3,7,11,13,15H2,1-2H3,(H,23,25)/t19-/m0/s1. The van der Waals surface area contributed by atoms with Crippen LogP contribution < -0.4 is 5.32 Å². The smallest absolute Gasteiger partial charge is 0.253 e. The fourth-order valence-corrected chi connectivity index (χ4v) is 3.52. The summed E-state index contributed by atoms with van der Waals surface area (Å²) in [6.45, 7) is 5.25. The molecule has 3 rings (SSSR count). The lowest BCUT2D eigenvalue weighted by atomic mass is 9.96. The van der Waals surface area contributed by atoms with Crippen molar-refractivity contribution in [3.63, 3.8) is 0 Å². The van der Waals surface area contributed by atoms with E-state index in [4.69, 9.17) is 0 Å². The lowest BCUT2D eigenvalue weighted by molar-refractivity contribution is -0.121. The summed E-state index contributed by atoms with van der Waals surface area (Å²) in [4.78, 5) is 27.3. The van der Waals surface area contributed by atoms with Crippen molar-refractivity contribution in [3.05, 3.63) is 65.2 Å². The number of hydrogen-bond donors (Lipinski definition) is 1. The van der Waals surface area contributed by atoms with Gasteiger partial charge in [0.05, 0.1) is 5.92 Å². The minimum Gasteiger partial charge on any atom is -0.338 e. The Morgan fingerprint density at radius 1 is 1.15 bits per heavy atom. The van der Waals surface area contributed by atoms with Crippen LogP contribution in [-0.2, 0) is 11.2 Å². The van der Waals surface area contributed by atoms with Crippen LogP contribution in [0, 0.1) is 12.8 Å². The highest BCUT2D eigenvalue weighted by Gasteiger charge is 2.29. The van der Waals surface area contributed by atoms with Crippen LogP contribution in [0.5, 0.6) is 0 Å². The number of carbonyl (C=O) groups is 2. The molecule has 4 nitrogen and oxygen atoms in total. The van der Waals surface area contributed by atoms with Gasteiger partial charge in [0.15, 0.2) is 0 Å². The van der Waals surface area contributed by atoms with Crippen molar-refractivity contribution in [2.45, 2.75) is 33.1 Å². The number of likely N-dealkylation sites (tertiary alicyclic amines) is 1. The van der Waals surface area contributed by atoms with E-state index in [2.05, 4.69) is 12.2 Å². The predicted octanol–water partition coefficient (Wildman–Crippen LogP) is 4.05. The van der Waals surface area contributed by atoms with Gasteiger partial charge in [0.1, 0.15) is 0 Å². The number of rotatable bonds is 4. The van der Waals surface area contributed by atoms with Crippen LogP contribution in [0.3, 0.4) is 0 Å². The Balaban J connectivity index is 1.68. The van der Waals surface area contributed by atoms with Gasteiger partial charge in [-0.1, -0.05) is 42.8 Å². The van der Waals surface area contributed by atoms with E-state index in [0.717, 1.165) is 36.1 Å². The molecule has 1 fully saturated rings. The van der Waals surface area contributed by atoms with Gasteiger partial charge in [0.25, 0.3) is 5.91 Å². The summed E-state index contributed by atoms with van der Waals surface area (Å²) in [6, 6.07) is 15.5. The number of anilines is 1. The van der Waals surface area contributed by atoms with Crippen LogP contribution in [0.2, 0.25) is 0 Å². The molecule has 0 spiro atoms. The highest BCUT2D eigenvalue weighted by Crippen LogP contribution is 2.22. The van der Waals surface area contributed by atoms with Crippen LogP contribution >= 0.6 is 0 Å². The van der Waals surface area contributed by atoms with E-state index in [-0.39, 0.29) is 17.7 Å². The van der Waals surface area contributed by atoms with E-state index in [1.165, 1.54) is 0 Å². The molecule has 136 valence electrons. The van der Waals surface area contributed by atoms with Gasteiger partial charge >= 0.3 is 0 Å². The molecule has 0 saturated carbocycles. The van der Waals surface area contributed by atoms with E-state index >= 15 is 0 Å². The van der Waals surface area contributed by atoms with Gasteiger partial charge in [-0.3, -0.25) is 9.59 Å². The monoisotopic (exact) mass is 350 g/mol. The number of amides is 2. The molecule has 1 N–H and O–H groups in total. The maximum Gasteiger partial charge on any atom is 0.253 e. The first-order chi connectivity index (χ1) is 12.6. The second-order valence-electron chi connectivity index (χ2n) is 6.96. The molecular weight excluding hydrogens is 324 g/mol. The quantitative estimate of drug-likeness (QED) is 0.904. The molecule has 2 aromatic rings. The summed E-state index contributed by atoms with van der Waals surface area (Å²) in [5, 5.41) is 3.06. The number of carbonyl (C=O) groups excluding carboxylic acids is 2. The number of hydrogen-bond acceptors (Lipinski definition) is 2. The summed E-state index contributed by atoms with van der Waals surface area (Å²) in [5.41, 5.74) is 3.77. The third-order valence-electron chi connectivity index (χ3n) is 5.00. The topological polar surface area (TPSA) is 49.4 Å². The van der Waals surface area contributed by atoms with Crippen molar-refractivity contribution in [3.8, 4) is 0 Å². The zero-order valence-corrected chi connectivity index (χ0v) is 15.5. The minimum absolute atomic E-state index is 0.00708. The van der Waals surface area contributed by atoms with E-state index in [1.807, 2.05) is 60.4 Å². The van der Waals surface area contributed by atoms with Gasteiger partial charge in [-0.15, -0.1) is 0 Å². The van der Waals surface area contributed by atoms with E-state index in [0.29, 0.717) is 18.7 Å². The van der Waals surface area contributed by atoms with Crippen molar-refractivity contribution in [2.24, 2.45) is 5.92 Å². The molecule has 1 atom stereocenters. The highest BCUT2D eigenvalue weighted by molar-refractivity contribution is 5.96. The number of piperidine rings is 1. The number of para-hydroxylation sites is 1. The van der Waals surface area contributed by atoms with Gasteiger partial charge in [0.2, 0.25) is 5.91 Å². The Morgan fingerprint density at radius 2 is 1.96 bits per heavy atom. The molecule has 26 heavy (non-hydrogen) atoms. The lowest BCUT2D eigenvalue weighted by Crippen LogP contribution is -2.43. The van der Waals surface area contributed by atoms with Gasteiger partial charge in [-0.05, 0) is 49.9 Å². The van der Waals surface area contributed by atoms with E-state index in [1.54, 1.807) is 0 Å². The van der Waals surface area contributed by atoms with Gasteiger partial charge < -0.3 is 10.2 Å². The zero-order valence-electron chi connectivity index (χ0n) is 15.5. The van der Waals surface area contributed by atoms with Crippen molar-refractivity contribution in [1.82, 2.24) is 4.90 Å². The number of nitrogens with zero attached hydrogens (tertiary/aromatic N) is 1. The minimum atomic E-state index is -0.164. The Bertz CT molecular complexity index is 800. The molecule has 2 amide bonds. The molecule has 0 aliphatic carbocycles. The van der Waals surface area contributed by atoms with Crippen LogP contribution in [0.1, 0.15) is 41.3 Å². The number of nitrogens with one attached hydrogen (secondary N) is 1. The number of aryl methyl sites for hydroxylation is 2. The van der Waals surface area contributed by atoms with Crippen LogP contribution in [0.4, 0.5) is 5.69 Å². The summed E-state index contributed by atoms with van der Waals surface area (Å²) >= 11 is 0. The van der Waals surface area contributed by atoms with Gasteiger partial charge in [-0.25, -0.2) is 0 Å². The van der Waals surface area contributed by atoms with E-state index < -0.39 is 0 Å². The zero-order chi connectivity index (χ0) is 18.5. The molecule has 0 aromatic heterocycles. The molecule has 0 bridgehead atoms. The van der Waals surface area contributed by atoms with Crippen molar-refractivity contribution < 1.29 is 9.59 Å². The Morgan fingerprint density at radius 3 is 2.73 bits per heavy atom. The Kier molecular flexibility index (Phi) is 5.71. The second-order valence-corrected chi connectivity index (χ2v) is 6.96. The van der Waals surface area contributed by atoms with Crippen molar-refractivity contribution >= 4 is 17.5 Å². The van der Waals surface area contributed by atoms with Crippen molar-refractivity contribution in [2.75, 3.05) is 18.4 Å². The highest BCUT2D eigenvalue weighted by atomic mass is 16.2. The molecule has 1 heterocycles. The lowest BCUT2D eigenvalue weighted by Gasteiger charge is -2.32. The van der Waals surface area contributed by atoms with Crippen molar-refractivity contribution in [1.29, 1.82) is 0 Å². The summed E-state index contributed by atoms with van der Waals surface area (Å²) in [5.74, 6) is -0.143. The van der Waals surface area contributed by atoms with Crippen LogP contribution in [0.15, 0.2) is 48.5 Å². The maximum absolute atomic E-state index is 12.8. The van der Waals surface area contributed by atoms with Crippen LogP contribution in [0.25, 0.3) is 0 Å². The molecular formula is C22H26N2O2. The normalized spacial score (nSPS) is 17.0. The first-order valence-corrected chi connectivity index (χ1v) is 9.33. The molecule has 0 unspecified atom stereocenters. The first-order valence-electron chi connectivity index (χ1n) is 9.33. The Labute approximate surface area is 155 Å². The maximum atomic E-state index is 12.8. The molecule has 2 aromatic carbocycles. The molecule has 1 aliphatic rings. The molecule has 4 heteroatoms. The summed E-state index contributed by atoms with van der Waals surface area (Å²) in [6.07, 6.45) is 2.54. The van der Waals surface area contributed by atoms with Crippen LogP contribution in [-0.4, -0.2) is 29.8 Å². The molecule has 1 saturated heterocycles. The predicted molar refractivity (Wildman–Crippen MR) is 104 cm³/mol. The number of benzene rings is 2. The second kappa shape index (κ2) is 8.17. The fraction of sp³-hybridized carbons (Fsp3) is 0.364. The first kappa shape index (κ1) is 18.2. The Hall–Kier alpha value is -2.62. The average Bonchev–Trinajstić information content (AvgIpc) is 2.68. The summed E-state index contributed by atoms with van der Waals surface area (Å²) in [7, 11) is 0. The fourth-order valence-electron chi connectivity index (χ4n) is 3.52. The third kappa shape index (κ3) is 4.13. The largest absolute Gasteiger partial charge is 0.338 e. The van der Waals surface area contributed by atoms with Gasteiger partial charge in [0, 0.05) is 24.3 Å². The third-order valence-corrected chi connectivity index (χ3v) is 5.00. The molecule has 0 radical (unpaired) electrons. The van der Waals surface area contributed by atoms with E-state index in [9.17, 15) is 9.59 Å². The average molecular weight is 350 g/mol. The van der Waals surface area contributed by atoms with Gasteiger partial charge in [-0.2, -0.15) is 0 Å².